The fraction of sp³-hybridized carbons (Fsp3) is 0.357. The normalized spacial score (nSPS) is 12.0. The van der Waals surface area contributed by atoms with Crippen LogP contribution in [0.15, 0.2) is 30.9 Å². The van der Waals surface area contributed by atoms with E-state index in [1.165, 1.54) is 18.7 Å². The van der Waals surface area contributed by atoms with Crippen molar-refractivity contribution in [1.82, 2.24) is 20.1 Å². The molecule has 0 fully saturated rings. The van der Waals surface area contributed by atoms with Crippen LogP contribution in [0, 0.1) is 6.92 Å². The van der Waals surface area contributed by atoms with Crippen LogP contribution in [0.5, 0.6) is 5.75 Å². The quantitative estimate of drug-likeness (QED) is 0.854. The Balaban J connectivity index is 1.99. The predicted molar refractivity (Wildman–Crippen MR) is 79.4 cm³/mol. The third-order valence-electron chi connectivity index (χ3n) is 2.99. The first-order valence-corrected chi connectivity index (χ1v) is 6.90. The van der Waals surface area contributed by atoms with E-state index >= 15 is 0 Å². The summed E-state index contributed by atoms with van der Waals surface area (Å²) in [6.45, 7) is 0.941. The second kappa shape index (κ2) is 7.52. The number of amides is 2. The second-order valence-electron chi connectivity index (χ2n) is 4.94. The summed E-state index contributed by atoms with van der Waals surface area (Å²) in [7, 11) is 0. The van der Waals surface area contributed by atoms with E-state index in [1.54, 1.807) is 30.7 Å². The third-order valence-corrected chi connectivity index (χ3v) is 2.99. The SMILES string of the molecule is Cc1cccc(OC(F)F)c1NC(=O)N[C@H](C)Cn1cncn1. The number of rotatable bonds is 6. The van der Waals surface area contributed by atoms with Crippen LogP contribution in [0.3, 0.4) is 0 Å². The maximum atomic E-state index is 12.4. The monoisotopic (exact) mass is 325 g/mol. The zero-order chi connectivity index (χ0) is 16.8. The molecule has 0 radical (unpaired) electrons. The second-order valence-corrected chi connectivity index (χ2v) is 4.94. The first kappa shape index (κ1) is 16.7. The molecule has 0 unspecified atom stereocenters. The van der Waals surface area contributed by atoms with Crippen molar-refractivity contribution in [3.63, 3.8) is 0 Å². The van der Waals surface area contributed by atoms with Gasteiger partial charge in [-0.2, -0.15) is 13.9 Å². The standard InChI is InChI=1S/C14H17F2N5O2/c1-9-4-3-5-11(23-13(15)16)12(9)20-14(22)19-10(2)6-21-8-17-7-18-21/h3-5,7-8,10,13H,6H2,1-2H3,(H2,19,20,22)/t10-/m1/s1. The maximum absolute atomic E-state index is 12.4. The largest absolute Gasteiger partial charge is 0.433 e. The number of aryl methyl sites for hydroxylation is 1. The van der Waals surface area contributed by atoms with Gasteiger partial charge in [0.25, 0.3) is 0 Å². The number of hydrogen-bond donors (Lipinski definition) is 2. The lowest BCUT2D eigenvalue weighted by atomic mass is 10.2. The minimum absolute atomic E-state index is 0.0842. The molecule has 9 heteroatoms. The van der Waals surface area contributed by atoms with Crippen LogP contribution < -0.4 is 15.4 Å². The predicted octanol–water partition coefficient (Wildman–Crippen LogP) is 2.40. The van der Waals surface area contributed by atoms with Crippen molar-refractivity contribution in [2.75, 3.05) is 5.32 Å². The van der Waals surface area contributed by atoms with E-state index in [0.29, 0.717) is 12.1 Å². The van der Waals surface area contributed by atoms with Gasteiger partial charge in [-0.25, -0.2) is 9.78 Å². The Kier molecular flexibility index (Phi) is 5.45. The Morgan fingerprint density at radius 1 is 1.43 bits per heavy atom. The number of nitrogens with zero attached hydrogens (tertiary/aromatic N) is 3. The molecule has 0 saturated carbocycles. The van der Waals surface area contributed by atoms with E-state index in [0.717, 1.165) is 0 Å². The fourth-order valence-corrected chi connectivity index (χ4v) is 2.02. The van der Waals surface area contributed by atoms with E-state index in [4.69, 9.17) is 0 Å². The number of urea groups is 1. The summed E-state index contributed by atoms with van der Waals surface area (Å²) in [5, 5.41) is 9.17. The lowest BCUT2D eigenvalue weighted by Crippen LogP contribution is -2.38. The molecule has 1 atom stereocenters. The summed E-state index contributed by atoms with van der Waals surface area (Å²) < 4.78 is 30.8. The van der Waals surface area contributed by atoms with Crippen LogP contribution in [0.4, 0.5) is 19.3 Å². The van der Waals surface area contributed by atoms with Gasteiger partial charge in [0.2, 0.25) is 0 Å². The van der Waals surface area contributed by atoms with Gasteiger partial charge < -0.3 is 15.4 Å². The summed E-state index contributed by atoms with van der Waals surface area (Å²) in [6, 6.07) is 3.87. The van der Waals surface area contributed by atoms with E-state index < -0.39 is 12.6 Å². The van der Waals surface area contributed by atoms with Gasteiger partial charge in [-0.15, -0.1) is 0 Å². The zero-order valence-corrected chi connectivity index (χ0v) is 12.7. The first-order chi connectivity index (χ1) is 11.0. The molecule has 0 aliphatic rings. The molecule has 1 aromatic heterocycles. The van der Waals surface area contributed by atoms with Gasteiger partial charge in [0.1, 0.15) is 18.4 Å². The summed E-state index contributed by atoms with van der Waals surface area (Å²) in [4.78, 5) is 15.8. The van der Waals surface area contributed by atoms with Crippen molar-refractivity contribution in [1.29, 1.82) is 0 Å². The average molecular weight is 325 g/mol. The Labute approximate surface area is 131 Å². The number of alkyl halides is 2. The van der Waals surface area contributed by atoms with Crippen molar-refractivity contribution >= 4 is 11.7 Å². The Hall–Kier alpha value is -2.71. The molecule has 0 aliphatic carbocycles. The highest BCUT2D eigenvalue weighted by Gasteiger charge is 2.15. The van der Waals surface area contributed by atoms with Crippen LogP contribution in [-0.2, 0) is 6.54 Å². The molecular formula is C14H17F2N5O2. The lowest BCUT2D eigenvalue weighted by Gasteiger charge is -2.17. The topological polar surface area (TPSA) is 81.1 Å². The number of benzene rings is 1. The summed E-state index contributed by atoms with van der Waals surface area (Å²) in [5.41, 5.74) is 0.820. The minimum atomic E-state index is -2.97. The van der Waals surface area contributed by atoms with Crippen LogP contribution >= 0.6 is 0 Å². The number of hydrogen-bond acceptors (Lipinski definition) is 4. The van der Waals surface area contributed by atoms with Crippen molar-refractivity contribution < 1.29 is 18.3 Å². The molecule has 1 aromatic carbocycles. The average Bonchev–Trinajstić information content (AvgIpc) is 2.94. The number of anilines is 1. The lowest BCUT2D eigenvalue weighted by molar-refractivity contribution is -0.0493. The molecule has 2 amide bonds. The Morgan fingerprint density at radius 3 is 2.87 bits per heavy atom. The van der Waals surface area contributed by atoms with Crippen molar-refractivity contribution in [3.8, 4) is 5.75 Å². The van der Waals surface area contributed by atoms with Crippen molar-refractivity contribution in [2.24, 2.45) is 0 Å². The molecule has 1 heterocycles. The van der Waals surface area contributed by atoms with Crippen LogP contribution in [0.2, 0.25) is 0 Å². The number of carbonyl (C=O) groups excluding carboxylic acids is 1. The van der Waals surface area contributed by atoms with E-state index in [-0.39, 0.29) is 17.5 Å². The molecular weight excluding hydrogens is 308 g/mol. The fourth-order valence-electron chi connectivity index (χ4n) is 2.02. The molecule has 124 valence electrons. The third kappa shape index (κ3) is 4.90. The Morgan fingerprint density at radius 2 is 2.22 bits per heavy atom. The molecule has 23 heavy (non-hydrogen) atoms. The first-order valence-electron chi connectivity index (χ1n) is 6.90. The minimum Gasteiger partial charge on any atom is -0.433 e. The number of nitrogens with one attached hydrogen (secondary N) is 2. The zero-order valence-electron chi connectivity index (χ0n) is 12.7. The molecule has 0 saturated heterocycles. The van der Waals surface area contributed by atoms with Crippen LogP contribution in [-0.4, -0.2) is 33.4 Å². The highest BCUT2D eigenvalue weighted by atomic mass is 19.3. The molecule has 2 N–H and O–H groups in total. The number of aromatic nitrogens is 3. The van der Waals surface area contributed by atoms with Crippen LogP contribution in [0.1, 0.15) is 12.5 Å². The highest BCUT2D eigenvalue weighted by Crippen LogP contribution is 2.29. The van der Waals surface area contributed by atoms with Gasteiger partial charge in [0.15, 0.2) is 0 Å². The number of carbonyl (C=O) groups is 1. The summed E-state index contributed by atoms with van der Waals surface area (Å²) in [6.07, 6.45) is 2.93. The van der Waals surface area contributed by atoms with Gasteiger partial charge in [0, 0.05) is 6.04 Å². The number of para-hydroxylation sites is 1. The molecule has 0 aliphatic heterocycles. The Bertz CT molecular complexity index is 649. The van der Waals surface area contributed by atoms with Gasteiger partial charge in [-0.1, -0.05) is 12.1 Å². The van der Waals surface area contributed by atoms with E-state index in [9.17, 15) is 13.6 Å². The van der Waals surface area contributed by atoms with E-state index in [1.807, 2.05) is 0 Å². The van der Waals surface area contributed by atoms with Crippen molar-refractivity contribution in [3.05, 3.63) is 36.4 Å². The van der Waals surface area contributed by atoms with Gasteiger partial charge in [-0.05, 0) is 25.5 Å². The van der Waals surface area contributed by atoms with Crippen LogP contribution in [0.25, 0.3) is 0 Å². The molecule has 2 rings (SSSR count). The number of ether oxygens (including phenoxy) is 1. The molecule has 0 spiro atoms. The van der Waals surface area contributed by atoms with Gasteiger partial charge in [-0.3, -0.25) is 4.68 Å². The molecule has 7 nitrogen and oxygen atoms in total. The summed E-state index contributed by atoms with van der Waals surface area (Å²) in [5.74, 6) is -0.0842. The van der Waals surface area contributed by atoms with E-state index in [2.05, 4.69) is 25.5 Å². The maximum Gasteiger partial charge on any atom is 0.387 e. The van der Waals surface area contributed by atoms with Gasteiger partial charge in [0.05, 0.1) is 12.2 Å². The summed E-state index contributed by atoms with van der Waals surface area (Å²) >= 11 is 0. The van der Waals surface area contributed by atoms with Gasteiger partial charge >= 0.3 is 12.6 Å². The number of halogens is 2. The van der Waals surface area contributed by atoms with Crippen molar-refractivity contribution in [2.45, 2.75) is 33.0 Å². The smallest absolute Gasteiger partial charge is 0.387 e. The highest BCUT2D eigenvalue weighted by molar-refractivity contribution is 5.92. The molecule has 0 bridgehead atoms. The molecule has 2 aromatic rings.